The Hall–Kier alpha value is -1.40. The zero-order valence-corrected chi connectivity index (χ0v) is 10.7. The molecule has 1 aliphatic heterocycles. The van der Waals surface area contributed by atoms with Gasteiger partial charge in [-0.05, 0) is 24.5 Å². The number of sulfonamides is 1. The van der Waals surface area contributed by atoms with Gasteiger partial charge >= 0.3 is 5.97 Å². The molecule has 0 spiro atoms. The molecule has 0 aliphatic carbocycles. The highest BCUT2D eigenvalue weighted by Crippen LogP contribution is 2.16. The van der Waals surface area contributed by atoms with Crippen LogP contribution in [0.1, 0.15) is 22.3 Å². The van der Waals surface area contributed by atoms with Crippen LogP contribution in [0.3, 0.4) is 0 Å². The topological polar surface area (TPSA) is 74.7 Å². The van der Waals surface area contributed by atoms with Gasteiger partial charge in [0.15, 0.2) is 0 Å². The average molecular weight is 269 g/mol. The first-order valence-electron chi connectivity index (χ1n) is 5.80. The quantitative estimate of drug-likeness (QED) is 0.883. The van der Waals surface area contributed by atoms with Crippen LogP contribution in [0.5, 0.6) is 0 Å². The van der Waals surface area contributed by atoms with E-state index in [0.29, 0.717) is 31.5 Å². The zero-order chi connectivity index (χ0) is 13.2. The van der Waals surface area contributed by atoms with Crippen molar-refractivity contribution >= 4 is 16.0 Å². The molecule has 0 bridgehead atoms. The molecule has 1 aromatic rings. The van der Waals surface area contributed by atoms with Gasteiger partial charge in [0.05, 0.1) is 11.3 Å². The van der Waals surface area contributed by atoms with E-state index >= 15 is 0 Å². The SMILES string of the molecule is O=C(O)c1ccccc1CCN1CCCS1(=O)=O. The molecule has 0 aromatic heterocycles. The molecule has 6 heteroatoms. The van der Waals surface area contributed by atoms with Crippen LogP contribution in [0.4, 0.5) is 0 Å². The average Bonchev–Trinajstić information content (AvgIpc) is 2.66. The fourth-order valence-electron chi connectivity index (χ4n) is 2.13. The Morgan fingerprint density at radius 2 is 2.06 bits per heavy atom. The first-order valence-corrected chi connectivity index (χ1v) is 7.40. The summed E-state index contributed by atoms with van der Waals surface area (Å²) in [5, 5.41) is 9.03. The van der Waals surface area contributed by atoms with Crippen LogP contribution in [-0.4, -0.2) is 42.6 Å². The number of rotatable bonds is 4. The Labute approximate surface area is 106 Å². The maximum Gasteiger partial charge on any atom is 0.335 e. The van der Waals surface area contributed by atoms with Crippen LogP contribution in [0.2, 0.25) is 0 Å². The highest BCUT2D eigenvalue weighted by atomic mass is 32.2. The predicted molar refractivity (Wildman–Crippen MR) is 67.1 cm³/mol. The van der Waals surface area contributed by atoms with E-state index in [1.165, 1.54) is 10.4 Å². The first kappa shape index (κ1) is 13.0. The molecule has 0 saturated carbocycles. The lowest BCUT2D eigenvalue weighted by atomic mass is 10.0. The van der Waals surface area contributed by atoms with Crippen LogP contribution in [0.25, 0.3) is 0 Å². The van der Waals surface area contributed by atoms with Crippen LogP contribution in [0.15, 0.2) is 24.3 Å². The summed E-state index contributed by atoms with van der Waals surface area (Å²) in [5.41, 5.74) is 0.918. The summed E-state index contributed by atoms with van der Waals surface area (Å²) in [5.74, 6) is -0.775. The maximum absolute atomic E-state index is 11.6. The van der Waals surface area contributed by atoms with Crippen LogP contribution in [-0.2, 0) is 16.4 Å². The van der Waals surface area contributed by atoms with Gasteiger partial charge in [-0.1, -0.05) is 18.2 Å². The Kier molecular flexibility index (Phi) is 3.68. The van der Waals surface area contributed by atoms with Crippen molar-refractivity contribution in [3.8, 4) is 0 Å². The second-order valence-corrected chi connectivity index (χ2v) is 6.37. The molecule has 5 nitrogen and oxygen atoms in total. The Balaban J connectivity index is 2.09. The number of aromatic carboxylic acids is 1. The lowest BCUT2D eigenvalue weighted by Crippen LogP contribution is -2.28. The summed E-state index contributed by atoms with van der Waals surface area (Å²) in [7, 11) is -3.10. The maximum atomic E-state index is 11.6. The van der Waals surface area contributed by atoms with E-state index in [2.05, 4.69) is 0 Å². The predicted octanol–water partition coefficient (Wildman–Crippen LogP) is 0.963. The van der Waals surface area contributed by atoms with E-state index in [9.17, 15) is 13.2 Å². The highest BCUT2D eigenvalue weighted by molar-refractivity contribution is 7.89. The van der Waals surface area contributed by atoms with Gasteiger partial charge in [0.2, 0.25) is 10.0 Å². The summed E-state index contributed by atoms with van der Waals surface area (Å²) >= 11 is 0. The molecule has 1 fully saturated rings. The summed E-state index contributed by atoms with van der Waals surface area (Å²) in [4.78, 5) is 11.0. The zero-order valence-electron chi connectivity index (χ0n) is 9.87. The molecule has 0 amide bonds. The van der Waals surface area contributed by atoms with E-state index in [-0.39, 0.29) is 11.3 Å². The molecular formula is C12H15NO4S. The van der Waals surface area contributed by atoms with Crippen molar-refractivity contribution < 1.29 is 18.3 Å². The van der Waals surface area contributed by atoms with E-state index in [1.807, 2.05) is 0 Å². The minimum absolute atomic E-state index is 0.202. The normalized spacial score (nSPS) is 18.9. The second-order valence-electron chi connectivity index (χ2n) is 4.28. The number of carbonyl (C=O) groups is 1. The molecule has 18 heavy (non-hydrogen) atoms. The van der Waals surface area contributed by atoms with E-state index in [1.54, 1.807) is 18.2 Å². The third-order valence-corrected chi connectivity index (χ3v) is 5.04. The van der Waals surface area contributed by atoms with Gasteiger partial charge in [0.25, 0.3) is 0 Å². The second kappa shape index (κ2) is 5.07. The van der Waals surface area contributed by atoms with Gasteiger partial charge in [-0.15, -0.1) is 0 Å². The van der Waals surface area contributed by atoms with Crippen LogP contribution < -0.4 is 0 Å². The number of benzene rings is 1. The largest absolute Gasteiger partial charge is 0.478 e. The molecule has 98 valence electrons. The van der Waals surface area contributed by atoms with Crippen LogP contribution >= 0.6 is 0 Å². The van der Waals surface area contributed by atoms with E-state index in [0.717, 1.165) is 0 Å². The molecule has 2 rings (SSSR count). The molecule has 0 unspecified atom stereocenters. The third-order valence-electron chi connectivity index (χ3n) is 3.08. The Morgan fingerprint density at radius 1 is 1.33 bits per heavy atom. The molecule has 0 atom stereocenters. The lowest BCUT2D eigenvalue weighted by Gasteiger charge is -2.14. The molecule has 0 radical (unpaired) electrons. The van der Waals surface area contributed by atoms with Crippen molar-refractivity contribution in [1.29, 1.82) is 0 Å². The smallest absolute Gasteiger partial charge is 0.335 e. The van der Waals surface area contributed by atoms with Crippen molar-refractivity contribution in [1.82, 2.24) is 4.31 Å². The number of hydrogen-bond donors (Lipinski definition) is 1. The molecule has 1 N–H and O–H groups in total. The molecule has 1 aromatic carbocycles. The Morgan fingerprint density at radius 3 is 2.67 bits per heavy atom. The fourth-order valence-corrected chi connectivity index (χ4v) is 3.66. The number of carboxylic acids is 1. The monoisotopic (exact) mass is 269 g/mol. The third kappa shape index (κ3) is 2.70. The van der Waals surface area contributed by atoms with Crippen LogP contribution in [0, 0.1) is 0 Å². The fraction of sp³-hybridized carbons (Fsp3) is 0.417. The van der Waals surface area contributed by atoms with Crippen molar-refractivity contribution in [2.45, 2.75) is 12.8 Å². The molecular weight excluding hydrogens is 254 g/mol. The number of nitrogens with zero attached hydrogens (tertiary/aromatic N) is 1. The minimum Gasteiger partial charge on any atom is -0.478 e. The summed E-state index contributed by atoms with van der Waals surface area (Å²) in [6, 6.07) is 6.70. The van der Waals surface area contributed by atoms with Gasteiger partial charge < -0.3 is 5.11 Å². The molecule has 1 aliphatic rings. The van der Waals surface area contributed by atoms with Crippen molar-refractivity contribution in [2.24, 2.45) is 0 Å². The van der Waals surface area contributed by atoms with E-state index in [4.69, 9.17) is 5.11 Å². The van der Waals surface area contributed by atoms with Gasteiger partial charge in [-0.25, -0.2) is 17.5 Å². The summed E-state index contributed by atoms with van der Waals surface area (Å²) < 4.78 is 24.7. The van der Waals surface area contributed by atoms with Crippen molar-refractivity contribution in [3.63, 3.8) is 0 Å². The van der Waals surface area contributed by atoms with E-state index < -0.39 is 16.0 Å². The first-order chi connectivity index (χ1) is 8.50. The van der Waals surface area contributed by atoms with Gasteiger partial charge in [-0.3, -0.25) is 0 Å². The van der Waals surface area contributed by atoms with Crippen molar-refractivity contribution in [3.05, 3.63) is 35.4 Å². The lowest BCUT2D eigenvalue weighted by molar-refractivity contribution is 0.0695. The van der Waals surface area contributed by atoms with Crippen molar-refractivity contribution in [2.75, 3.05) is 18.8 Å². The molecule has 1 saturated heterocycles. The van der Waals surface area contributed by atoms with Gasteiger partial charge in [0.1, 0.15) is 0 Å². The molecule has 1 heterocycles. The Bertz CT molecular complexity index is 553. The minimum atomic E-state index is -3.10. The highest BCUT2D eigenvalue weighted by Gasteiger charge is 2.27. The number of carboxylic acid groups (broad SMARTS) is 1. The van der Waals surface area contributed by atoms with Gasteiger partial charge in [0, 0.05) is 13.1 Å². The summed E-state index contributed by atoms with van der Waals surface area (Å²) in [6.07, 6.45) is 1.09. The van der Waals surface area contributed by atoms with Gasteiger partial charge in [-0.2, -0.15) is 0 Å². The standard InChI is InChI=1S/C12H15NO4S/c14-12(15)11-5-2-1-4-10(11)6-8-13-7-3-9-18(13,16)17/h1-2,4-5H,3,6-9H2,(H,14,15). The number of hydrogen-bond acceptors (Lipinski definition) is 3. The summed E-state index contributed by atoms with van der Waals surface area (Å²) in [6.45, 7) is 0.893.